The van der Waals surface area contributed by atoms with Gasteiger partial charge in [0.05, 0.1) is 16.8 Å². The smallest absolute Gasteiger partial charge is 0.249 e. The van der Waals surface area contributed by atoms with Crippen LogP contribution in [0, 0.1) is 0 Å². The normalized spacial score (nSPS) is 12.6. The van der Waals surface area contributed by atoms with Gasteiger partial charge in [-0.15, -0.1) is 11.3 Å². The molecule has 1 heterocycles. The van der Waals surface area contributed by atoms with Gasteiger partial charge < -0.3 is 10.1 Å². The van der Waals surface area contributed by atoms with Crippen molar-refractivity contribution in [3.63, 3.8) is 0 Å². The Morgan fingerprint density at radius 3 is 3.00 bits per heavy atom. The number of ether oxygens (including phenoxy) is 1. The molecule has 4 nitrogen and oxygen atoms in total. The molecule has 1 aromatic carbocycles. The van der Waals surface area contributed by atoms with Crippen LogP contribution in [0.1, 0.15) is 11.9 Å². The van der Waals surface area contributed by atoms with E-state index in [9.17, 15) is 4.79 Å². The Balaban J connectivity index is 2.02. The van der Waals surface area contributed by atoms with Crippen LogP contribution < -0.4 is 5.32 Å². The first-order chi connectivity index (χ1) is 8.20. The molecular formula is C12H14N2O2S. The fraction of sp³-hybridized carbons (Fsp3) is 0.333. The SMILES string of the molecule is COC(C)C(=O)NCc1nc2ccccc2s1. The van der Waals surface area contributed by atoms with Gasteiger partial charge in [0.1, 0.15) is 11.1 Å². The molecule has 0 saturated heterocycles. The van der Waals surface area contributed by atoms with Gasteiger partial charge in [-0.25, -0.2) is 4.98 Å². The van der Waals surface area contributed by atoms with E-state index < -0.39 is 6.10 Å². The number of carbonyl (C=O) groups excluding carboxylic acids is 1. The number of fused-ring (bicyclic) bond motifs is 1. The summed E-state index contributed by atoms with van der Waals surface area (Å²) in [6.45, 7) is 2.17. The molecule has 0 aliphatic heterocycles. The minimum absolute atomic E-state index is 0.119. The Bertz CT molecular complexity index is 491. The van der Waals surface area contributed by atoms with Crippen molar-refractivity contribution in [3.05, 3.63) is 29.3 Å². The average Bonchev–Trinajstić information content (AvgIpc) is 2.77. The lowest BCUT2D eigenvalue weighted by Gasteiger charge is -2.08. The fourth-order valence-corrected chi connectivity index (χ4v) is 2.32. The summed E-state index contributed by atoms with van der Waals surface area (Å²) in [6.07, 6.45) is -0.427. The van der Waals surface area contributed by atoms with Gasteiger partial charge in [-0.3, -0.25) is 4.79 Å². The maximum Gasteiger partial charge on any atom is 0.249 e. The summed E-state index contributed by atoms with van der Waals surface area (Å²) >= 11 is 1.59. The number of para-hydroxylation sites is 1. The second-order valence-electron chi connectivity index (χ2n) is 3.67. The molecule has 1 aromatic heterocycles. The Kier molecular flexibility index (Phi) is 3.71. The molecule has 0 radical (unpaired) electrons. The van der Waals surface area contributed by atoms with E-state index in [1.807, 2.05) is 24.3 Å². The number of rotatable bonds is 4. The molecule has 1 N–H and O–H groups in total. The molecule has 1 unspecified atom stereocenters. The highest BCUT2D eigenvalue weighted by molar-refractivity contribution is 7.18. The molecule has 1 amide bonds. The largest absolute Gasteiger partial charge is 0.372 e. The highest BCUT2D eigenvalue weighted by atomic mass is 32.1. The zero-order valence-corrected chi connectivity index (χ0v) is 10.6. The van der Waals surface area contributed by atoms with Crippen LogP contribution >= 0.6 is 11.3 Å². The van der Waals surface area contributed by atoms with Gasteiger partial charge in [-0.2, -0.15) is 0 Å². The van der Waals surface area contributed by atoms with Gasteiger partial charge in [0.15, 0.2) is 0 Å². The van der Waals surface area contributed by atoms with Gasteiger partial charge in [0.2, 0.25) is 5.91 Å². The number of nitrogens with zero attached hydrogens (tertiary/aromatic N) is 1. The van der Waals surface area contributed by atoms with Gasteiger partial charge in [0.25, 0.3) is 0 Å². The van der Waals surface area contributed by atoms with Gasteiger partial charge in [-0.1, -0.05) is 12.1 Å². The number of amides is 1. The van der Waals surface area contributed by atoms with E-state index in [1.54, 1.807) is 18.3 Å². The molecule has 0 saturated carbocycles. The van der Waals surface area contributed by atoms with Crippen LogP contribution in [0.4, 0.5) is 0 Å². The topological polar surface area (TPSA) is 51.2 Å². The third kappa shape index (κ3) is 2.81. The lowest BCUT2D eigenvalue weighted by molar-refractivity contribution is -0.130. The molecule has 5 heteroatoms. The second-order valence-corrected chi connectivity index (χ2v) is 4.79. The maximum atomic E-state index is 11.5. The van der Waals surface area contributed by atoms with E-state index in [2.05, 4.69) is 10.3 Å². The van der Waals surface area contributed by atoms with Gasteiger partial charge in [-0.05, 0) is 19.1 Å². The van der Waals surface area contributed by atoms with Crippen molar-refractivity contribution < 1.29 is 9.53 Å². The Morgan fingerprint density at radius 1 is 1.53 bits per heavy atom. The fourth-order valence-electron chi connectivity index (χ4n) is 1.41. The Labute approximate surface area is 104 Å². The molecule has 17 heavy (non-hydrogen) atoms. The van der Waals surface area contributed by atoms with Crippen LogP contribution in [0.25, 0.3) is 10.2 Å². The molecule has 2 aromatic rings. The van der Waals surface area contributed by atoms with Crippen LogP contribution in [0.15, 0.2) is 24.3 Å². The first-order valence-corrected chi connectivity index (χ1v) is 6.17. The lowest BCUT2D eigenvalue weighted by atomic mass is 10.3. The number of hydrogen-bond acceptors (Lipinski definition) is 4. The molecule has 0 spiro atoms. The van der Waals surface area contributed by atoms with Crippen molar-refractivity contribution >= 4 is 27.5 Å². The van der Waals surface area contributed by atoms with Crippen LogP contribution in [-0.2, 0) is 16.1 Å². The first kappa shape index (κ1) is 12.0. The maximum absolute atomic E-state index is 11.5. The molecular weight excluding hydrogens is 236 g/mol. The second kappa shape index (κ2) is 5.25. The average molecular weight is 250 g/mol. The van der Waals surface area contributed by atoms with E-state index in [-0.39, 0.29) is 5.91 Å². The summed E-state index contributed by atoms with van der Waals surface area (Å²) in [5.74, 6) is -0.119. The standard InChI is InChI=1S/C12H14N2O2S/c1-8(16-2)12(15)13-7-11-14-9-5-3-4-6-10(9)17-11/h3-6,8H,7H2,1-2H3,(H,13,15). The predicted octanol–water partition coefficient (Wildman–Crippen LogP) is 1.95. The van der Waals surface area contributed by atoms with E-state index in [0.29, 0.717) is 6.54 Å². The molecule has 90 valence electrons. The summed E-state index contributed by atoms with van der Waals surface area (Å²) < 4.78 is 6.07. The summed E-state index contributed by atoms with van der Waals surface area (Å²) in [4.78, 5) is 15.9. The number of nitrogens with one attached hydrogen (secondary N) is 1. The zero-order valence-electron chi connectivity index (χ0n) is 9.77. The lowest BCUT2D eigenvalue weighted by Crippen LogP contribution is -2.33. The van der Waals surface area contributed by atoms with E-state index >= 15 is 0 Å². The zero-order chi connectivity index (χ0) is 12.3. The molecule has 1 atom stereocenters. The van der Waals surface area contributed by atoms with Crippen molar-refractivity contribution in [1.29, 1.82) is 0 Å². The summed E-state index contributed by atoms with van der Waals surface area (Å²) in [5, 5.41) is 3.70. The number of thiazole rings is 1. The van der Waals surface area contributed by atoms with Gasteiger partial charge in [0, 0.05) is 7.11 Å². The minimum atomic E-state index is -0.427. The Morgan fingerprint density at radius 2 is 2.29 bits per heavy atom. The monoisotopic (exact) mass is 250 g/mol. The van der Waals surface area contributed by atoms with E-state index in [1.165, 1.54) is 7.11 Å². The number of methoxy groups -OCH3 is 1. The molecule has 0 aliphatic rings. The summed E-state index contributed by atoms with van der Waals surface area (Å²) in [5.41, 5.74) is 0.974. The van der Waals surface area contributed by atoms with Crippen molar-refractivity contribution in [3.8, 4) is 0 Å². The number of benzene rings is 1. The van der Waals surface area contributed by atoms with E-state index in [0.717, 1.165) is 15.2 Å². The summed E-state index contributed by atoms with van der Waals surface area (Å²) in [6, 6.07) is 7.93. The highest BCUT2D eigenvalue weighted by Crippen LogP contribution is 2.21. The Hall–Kier alpha value is -1.46. The van der Waals surface area contributed by atoms with Crippen LogP contribution in [0.3, 0.4) is 0 Å². The van der Waals surface area contributed by atoms with Crippen LogP contribution in [0.2, 0.25) is 0 Å². The van der Waals surface area contributed by atoms with Crippen molar-refractivity contribution in [1.82, 2.24) is 10.3 Å². The molecule has 0 bridgehead atoms. The number of hydrogen-bond donors (Lipinski definition) is 1. The third-order valence-corrected chi connectivity index (χ3v) is 3.51. The first-order valence-electron chi connectivity index (χ1n) is 5.35. The van der Waals surface area contributed by atoms with Crippen LogP contribution in [0.5, 0.6) is 0 Å². The van der Waals surface area contributed by atoms with Crippen molar-refractivity contribution in [2.45, 2.75) is 19.6 Å². The molecule has 2 rings (SSSR count). The highest BCUT2D eigenvalue weighted by Gasteiger charge is 2.11. The quantitative estimate of drug-likeness (QED) is 0.902. The number of carbonyl (C=O) groups is 1. The molecule has 0 fully saturated rings. The minimum Gasteiger partial charge on any atom is -0.372 e. The van der Waals surface area contributed by atoms with Crippen molar-refractivity contribution in [2.75, 3.05) is 7.11 Å². The van der Waals surface area contributed by atoms with Crippen LogP contribution in [-0.4, -0.2) is 24.1 Å². The number of aromatic nitrogens is 1. The summed E-state index contributed by atoms with van der Waals surface area (Å²) in [7, 11) is 1.52. The third-order valence-electron chi connectivity index (χ3n) is 2.47. The van der Waals surface area contributed by atoms with E-state index in [4.69, 9.17) is 4.74 Å². The molecule has 0 aliphatic carbocycles. The predicted molar refractivity (Wildman–Crippen MR) is 67.9 cm³/mol. The van der Waals surface area contributed by atoms with Gasteiger partial charge >= 0.3 is 0 Å². The van der Waals surface area contributed by atoms with Crippen molar-refractivity contribution in [2.24, 2.45) is 0 Å².